The minimum absolute atomic E-state index is 0.118. The standard InChI is InChI=1S/C26H25NO4/c1-17-10-6-7-13-19(17)24-23-26(28)30-16-21(18-11-4-3-5-12-18)27(23)25(31-24)20-14-8-9-15-22(20)29-2/h3-15,21,23-25H,16H2,1-2H3/t21-,23?,24-,25+/m1/s1. The van der Waals surface area contributed by atoms with E-state index in [0.29, 0.717) is 0 Å². The zero-order valence-corrected chi connectivity index (χ0v) is 17.6. The van der Waals surface area contributed by atoms with Crippen LogP contribution in [0.25, 0.3) is 0 Å². The van der Waals surface area contributed by atoms with Gasteiger partial charge in [-0.15, -0.1) is 0 Å². The fraction of sp³-hybridized carbons (Fsp3) is 0.269. The first-order valence-electron chi connectivity index (χ1n) is 10.5. The smallest absolute Gasteiger partial charge is 0.326 e. The number of cyclic esters (lactones) is 1. The lowest BCUT2D eigenvalue weighted by Crippen LogP contribution is -2.49. The van der Waals surface area contributed by atoms with Gasteiger partial charge in [-0.05, 0) is 29.7 Å². The second-order valence-corrected chi connectivity index (χ2v) is 7.96. The molecule has 2 heterocycles. The van der Waals surface area contributed by atoms with Gasteiger partial charge >= 0.3 is 5.97 Å². The van der Waals surface area contributed by atoms with Crippen molar-refractivity contribution in [3.63, 3.8) is 0 Å². The van der Waals surface area contributed by atoms with Gasteiger partial charge in [0.1, 0.15) is 30.7 Å². The molecule has 31 heavy (non-hydrogen) atoms. The van der Waals surface area contributed by atoms with E-state index < -0.39 is 18.4 Å². The number of benzene rings is 3. The lowest BCUT2D eigenvalue weighted by Gasteiger charge is -2.39. The maximum Gasteiger partial charge on any atom is 0.326 e. The van der Waals surface area contributed by atoms with Crippen LogP contribution in [0.4, 0.5) is 0 Å². The summed E-state index contributed by atoms with van der Waals surface area (Å²) in [6, 6.07) is 25.4. The maximum absolute atomic E-state index is 13.1. The maximum atomic E-state index is 13.1. The Morgan fingerprint density at radius 1 is 0.903 bits per heavy atom. The number of esters is 1. The number of para-hydroxylation sites is 1. The van der Waals surface area contributed by atoms with Crippen molar-refractivity contribution in [2.75, 3.05) is 13.7 Å². The van der Waals surface area contributed by atoms with Gasteiger partial charge in [0, 0.05) is 5.56 Å². The average molecular weight is 415 g/mol. The predicted octanol–water partition coefficient (Wildman–Crippen LogP) is 4.74. The molecule has 0 saturated carbocycles. The topological polar surface area (TPSA) is 48.0 Å². The van der Waals surface area contributed by atoms with Crippen LogP contribution >= 0.6 is 0 Å². The SMILES string of the molecule is COc1ccccc1[C@@H]1O[C@H](c2ccccc2C)C2C(=O)OC[C@H](c3ccccc3)N21. The predicted molar refractivity (Wildman–Crippen MR) is 117 cm³/mol. The first-order valence-corrected chi connectivity index (χ1v) is 10.5. The summed E-state index contributed by atoms with van der Waals surface area (Å²) in [5.41, 5.74) is 4.08. The molecule has 5 nitrogen and oxygen atoms in total. The van der Waals surface area contributed by atoms with Gasteiger partial charge in [-0.3, -0.25) is 4.79 Å². The zero-order valence-electron chi connectivity index (χ0n) is 17.6. The summed E-state index contributed by atoms with van der Waals surface area (Å²) in [4.78, 5) is 15.3. The molecular formula is C26H25NO4. The third-order valence-corrected chi connectivity index (χ3v) is 6.22. The van der Waals surface area contributed by atoms with Crippen molar-refractivity contribution in [3.8, 4) is 5.75 Å². The number of nitrogens with zero attached hydrogens (tertiary/aromatic N) is 1. The molecule has 5 heteroatoms. The van der Waals surface area contributed by atoms with Crippen molar-refractivity contribution in [2.45, 2.75) is 31.3 Å². The van der Waals surface area contributed by atoms with E-state index in [9.17, 15) is 4.79 Å². The molecule has 158 valence electrons. The second-order valence-electron chi connectivity index (χ2n) is 7.96. The van der Waals surface area contributed by atoms with Crippen molar-refractivity contribution in [1.29, 1.82) is 0 Å². The summed E-state index contributed by atoms with van der Waals surface area (Å²) in [5.74, 6) is 0.486. The van der Waals surface area contributed by atoms with E-state index in [1.165, 1.54) is 0 Å². The molecule has 0 amide bonds. The Kier molecular flexibility index (Phi) is 5.22. The van der Waals surface area contributed by atoms with Gasteiger partial charge in [0.05, 0.1) is 13.2 Å². The Morgan fingerprint density at radius 3 is 2.32 bits per heavy atom. The minimum atomic E-state index is -0.546. The highest BCUT2D eigenvalue weighted by molar-refractivity contribution is 5.78. The summed E-state index contributed by atoms with van der Waals surface area (Å²) in [7, 11) is 1.66. The van der Waals surface area contributed by atoms with Gasteiger partial charge in [0.15, 0.2) is 0 Å². The van der Waals surface area contributed by atoms with E-state index in [4.69, 9.17) is 14.2 Å². The first kappa shape index (κ1) is 19.8. The van der Waals surface area contributed by atoms with Crippen LogP contribution in [0.2, 0.25) is 0 Å². The Morgan fingerprint density at radius 2 is 1.58 bits per heavy atom. The second kappa shape index (κ2) is 8.17. The zero-order chi connectivity index (χ0) is 21.4. The van der Waals surface area contributed by atoms with E-state index in [0.717, 1.165) is 28.0 Å². The van der Waals surface area contributed by atoms with Crippen LogP contribution < -0.4 is 4.74 Å². The molecule has 0 aliphatic carbocycles. The summed E-state index contributed by atoms with van der Waals surface area (Å²) in [6.45, 7) is 2.33. The number of methoxy groups -OCH3 is 1. The van der Waals surface area contributed by atoms with Gasteiger partial charge in [-0.1, -0.05) is 72.8 Å². The Balaban J connectivity index is 1.66. The van der Waals surface area contributed by atoms with E-state index in [2.05, 4.69) is 17.0 Å². The summed E-state index contributed by atoms with van der Waals surface area (Å²) >= 11 is 0. The first-order chi connectivity index (χ1) is 15.2. The third kappa shape index (κ3) is 3.40. The molecule has 0 spiro atoms. The summed E-state index contributed by atoms with van der Waals surface area (Å²) in [5, 5.41) is 0. The van der Waals surface area contributed by atoms with Crippen LogP contribution in [0.15, 0.2) is 78.9 Å². The van der Waals surface area contributed by atoms with Gasteiger partial charge in [-0.2, -0.15) is 0 Å². The summed E-state index contributed by atoms with van der Waals surface area (Å²) in [6.07, 6.45) is -0.876. The Bertz CT molecular complexity index is 1080. The number of morpholine rings is 1. The quantitative estimate of drug-likeness (QED) is 0.576. The van der Waals surface area contributed by atoms with Crippen molar-refractivity contribution in [3.05, 3.63) is 101 Å². The number of carbonyl (C=O) groups excluding carboxylic acids is 1. The normalized spacial score (nSPS) is 25.7. The van der Waals surface area contributed by atoms with Gasteiger partial charge in [0.2, 0.25) is 0 Å². The van der Waals surface area contributed by atoms with Crippen molar-refractivity contribution in [2.24, 2.45) is 0 Å². The van der Waals surface area contributed by atoms with Crippen molar-refractivity contribution < 1.29 is 19.0 Å². The van der Waals surface area contributed by atoms with Gasteiger partial charge in [-0.25, -0.2) is 4.90 Å². The highest BCUT2D eigenvalue weighted by Crippen LogP contribution is 2.51. The molecule has 0 bridgehead atoms. The molecule has 2 fully saturated rings. The van der Waals surface area contributed by atoms with Crippen molar-refractivity contribution >= 4 is 5.97 Å². The average Bonchev–Trinajstić information content (AvgIpc) is 3.21. The number of carbonyl (C=O) groups is 1. The van der Waals surface area contributed by atoms with Gasteiger partial charge in [0.25, 0.3) is 0 Å². The molecule has 3 aromatic rings. The Hall–Kier alpha value is -3.15. The van der Waals surface area contributed by atoms with E-state index in [1.807, 2.05) is 73.7 Å². The van der Waals surface area contributed by atoms with E-state index >= 15 is 0 Å². The highest BCUT2D eigenvalue weighted by atomic mass is 16.6. The van der Waals surface area contributed by atoms with Crippen LogP contribution in [0.3, 0.4) is 0 Å². The molecule has 4 atom stereocenters. The molecule has 0 radical (unpaired) electrons. The molecule has 0 N–H and O–H groups in total. The fourth-order valence-corrected chi connectivity index (χ4v) is 4.72. The lowest BCUT2D eigenvalue weighted by atomic mass is 9.94. The van der Waals surface area contributed by atoms with Gasteiger partial charge < -0.3 is 14.2 Å². The molecule has 2 aliphatic rings. The highest BCUT2D eigenvalue weighted by Gasteiger charge is 2.54. The largest absolute Gasteiger partial charge is 0.496 e. The monoisotopic (exact) mass is 415 g/mol. The van der Waals surface area contributed by atoms with E-state index in [1.54, 1.807) is 7.11 Å². The van der Waals surface area contributed by atoms with Crippen LogP contribution in [-0.2, 0) is 14.3 Å². The number of ether oxygens (including phenoxy) is 3. The molecular weight excluding hydrogens is 390 g/mol. The molecule has 0 aromatic heterocycles. The minimum Gasteiger partial charge on any atom is -0.496 e. The Labute approximate surface area is 182 Å². The van der Waals surface area contributed by atoms with Crippen LogP contribution in [0.5, 0.6) is 5.75 Å². The molecule has 5 rings (SSSR count). The number of hydrogen-bond acceptors (Lipinski definition) is 5. The number of rotatable bonds is 4. The lowest BCUT2D eigenvalue weighted by molar-refractivity contribution is -0.163. The van der Waals surface area contributed by atoms with E-state index in [-0.39, 0.29) is 18.6 Å². The molecule has 2 saturated heterocycles. The molecule has 2 aliphatic heterocycles. The molecule has 3 aromatic carbocycles. The van der Waals surface area contributed by atoms with Crippen LogP contribution in [-0.4, -0.2) is 30.6 Å². The number of aryl methyl sites for hydroxylation is 1. The third-order valence-electron chi connectivity index (χ3n) is 6.22. The fourth-order valence-electron chi connectivity index (χ4n) is 4.72. The number of fused-ring (bicyclic) bond motifs is 1. The molecule has 1 unspecified atom stereocenters. The summed E-state index contributed by atoms with van der Waals surface area (Å²) < 4.78 is 18.0. The van der Waals surface area contributed by atoms with Crippen LogP contribution in [0.1, 0.15) is 40.6 Å². The van der Waals surface area contributed by atoms with Crippen molar-refractivity contribution in [1.82, 2.24) is 4.90 Å². The van der Waals surface area contributed by atoms with Crippen LogP contribution in [0, 0.1) is 6.92 Å². The number of hydrogen-bond donors (Lipinski definition) is 0.